The number of carbonyl (C=O) groups is 1. The van der Waals surface area contributed by atoms with Crippen molar-refractivity contribution in [2.75, 3.05) is 12.4 Å². The van der Waals surface area contributed by atoms with Crippen LogP contribution in [0.25, 0.3) is 16.6 Å². The summed E-state index contributed by atoms with van der Waals surface area (Å²) in [5.41, 5.74) is -1.45. The van der Waals surface area contributed by atoms with Crippen LogP contribution in [0.15, 0.2) is 65.5 Å². The molecule has 4 aromatic rings. The third kappa shape index (κ3) is 6.06. The number of carbonyl (C=O) groups excluding carboxylic acids is 1. The summed E-state index contributed by atoms with van der Waals surface area (Å²) in [6.07, 6.45) is -9.93. The molecule has 1 unspecified atom stereocenters. The minimum Gasteiger partial charge on any atom is -0.317 e. The van der Waals surface area contributed by atoms with Crippen LogP contribution in [0, 0.1) is 13.8 Å². The lowest BCUT2D eigenvalue weighted by Crippen LogP contribution is -2.38. The van der Waals surface area contributed by atoms with Gasteiger partial charge in [-0.05, 0) is 73.9 Å². The Bertz CT molecular complexity index is 1640. The average Bonchev–Trinajstić information content (AvgIpc) is 2.90. The number of nitrogens with zero attached hydrogens (tertiary/aromatic N) is 3. The van der Waals surface area contributed by atoms with Gasteiger partial charge in [0.1, 0.15) is 5.82 Å². The first-order valence-corrected chi connectivity index (χ1v) is 12.5. The molecule has 2 amide bonds. The van der Waals surface area contributed by atoms with Crippen molar-refractivity contribution in [1.29, 1.82) is 0 Å². The predicted octanol–water partition coefficient (Wildman–Crippen LogP) is 7.66. The topological polar surface area (TPSA) is 67.2 Å². The van der Waals surface area contributed by atoms with E-state index in [1.54, 1.807) is 43.3 Å². The Kier molecular flexibility index (Phi) is 7.88. The van der Waals surface area contributed by atoms with Gasteiger partial charge < -0.3 is 10.2 Å². The van der Waals surface area contributed by atoms with Crippen LogP contribution < -0.4 is 10.9 Å². The number of fused-ring (bicyclic) bond motifs is 1. The normalized spacial score (nSPS) is 12.8. The lowest BCUT2D eigenvalue weighted by Gasteiger charge is -2.29. The van der Waals surface area contributed by atoms with Gasteiger partial charge in [-0.1, -0.05) is 25.1 Å². The lowest BCUT2D eigenvalue weighted by atomic mass is 10.1. The van der Waals surface area contributed by atoms with E-state index in [1.807, 2.05) is 19.9 Å². The third-order valence-electron chi connectivity index (χ3n) is 6.86. The fraction of sp³-hybridized carbons (Fsp3) is 0.276. The number of hydrogen-bond acceptors (Lipinski definition) is 3. The molecule has 1 heterocycles. The Hall–Kier alpha value is -4.35. The van der Waals surface area contributed by atoms with Crippen LogP contribution in [0.4, 0.5) is 36.8 Å². The summed E-state index contributed by atoms with van der Waals surface area (Å²) >= 11 is 0. The van der Waals surface area contributed by atoms with Crippen LogP contribution in [0.3, 0.4) is 0 Å². The molecule has 41 heavy (non-hydrogen) atoms. The zero-order valence-corrected chi connectivity index (χ0v) is 22.5. The van der Waals surface area contributed by atoms with E-state index >= 15 is 0 Å². The van der Waals surface area contributed by atoms with Gasteiger partial charge in [0.25, 0.3) is 5.56 Å². The number of benzene rings is 3. The molecule has 0 fully saturated rings. The number of halogens is 6. The van der Waals surface area contributed by atoms with E-state index in [0.29, 0.717) is 28.7 Å². The number of amides is 2. The van der Waals surface area contributed by atoms with E-state index < -0.39 is 46.8 Å². The van der Waals surface area contributed by atoms with Crippen LogP contribution in [-0.4, -0.2) is 27.5 Å². The maximum Gasteiger partial charge on any atom is 0.416 e. The quantitative estimate of drug-likeness (QED) is 0.248. The fourth-order valence-electron chi connectivity index (χ4n) is 4.50. The minimum atomic E-state index is -5.07. The van der Waals surface area contributed by atoms with Gasteiger partial charge in [0.05, 0.1) is 33.8 Å². The number of hydrogen-bond donors (Lipinski definition) is 1. The van der Waals surface area contributed by atoms with Crippen molar-refractivity contribution >= 4 is 22.6 Å². The first kappa shape index (κ1) is 29.6. The summed E-state index contributed by atoms with van der Waals surface area (Å²) in [5, 5.41) is 2.48. The maximum absolute atomic E-state index is 13.7. The van der Waals surface area contributed by atoms with Gasteiger partial charge in [-0.3, -0.25) is 9.36 Å². The summed E-state index contributed by atoms with van der Waals surface area (Å²) in [5.74, 6) is 0.178. The van der Waals surface area contributed by atoms with Crippen LogP contribution >= 0.6 is 0 Å². The molecular formula is C29H26F6N4O2. The van der Waals surface area contributed by atoms with Crippen LogP contribution in [-0.2, 0) is 12.4 Å². The monoisotopic (exact) mass is 576 g/mol. The highest BCUT2D eigenvalue weighted by Gasteiger charge is 2.37. The molecule has 0 bridgehead atoms. The van der Waals surface area contributed by atoms with Crippen LogP contribution in [0.2, 0.25) is 0 Å². The molecule has 216 valence electrons. The number of urea groups is 1. The fourth-order valence-corrected chi connectivity index (χ4v) is 4.50. The second-order valence-corrected chi connectivity index (χ2v) is 9.66. The van der Waals surface area contributed by atoms with Gasteiger partial charge in [0, 0.05) is 12.7 Å². The van der Waals surface area contributed by atoms with E-state index in [2.05, 4.69) is 10.3 Å². The number of anilines is 1. The number of nitrogens with one attached hydrogen (secondary N) is 1. The molecule has 0 aliphatic heterocycles. The van der Waals surface area contributed by atoms with Crippen molar-refractivity contribution < 1.29 is 31.1 Å². The number of aryl methyl sites for hydroxylation is 2. The molecule has 3 aromatic carbocycles. The van der Waals surface area contributed by atoms with Gasteiger partial charge in [0.2, 0.25) is 0 Å². The molecule has 1 atom stereocenters. The third-order valence-corrected chi connectivity index (χ3v) is 6.86. The molecule has 0 aliphatic rings. The Labute approximate surface area is 231 Å². The molecule has 6 nitrogen and oxygen atoms in total. The zero-order chi connectivity index (χ0) is 30.3. The highest BCUT2D eigenvalue weighted by atomic mass is 19.4. The molecular weight excluding hydrogens is 550 g/mol. The Morgan fingerprint density at radius 2 is 1.54 bits per heavy atom. The summed E-state index contributed by atoms with van der Waals surface area (Å²) < 4.78 is 81.4. The molecule has 1 aromatic heterocycles. The first-order valence-electron chi connectivity index (χ1n) is 12.5. The lowest BCUT2D eigenvalue weighted by molar-refractivity contribution is -0.143. The minimum absolute atomic E-state index is 0.0184. The Morgan fingerprint density at radius 3 is 2.10 bits per heavy atom. The van der Waals surface area contributed by atoms with Gasteiger partial charge in [0.15, 0.2) is 0 Å². The van der Waals surface area contributed by atoms with Crippen molar-refractivity contribution in [2.24, 2.45) is 0 Å². The van der Waals surface area contributed by atoms with Crippen LogP contribution in [0.1, 0.15) is 47.5 Å². The highest BCUT2D eigenvalue weighted by molar-refractivity contribution is 5.89. The Morgan fingerprint density at radius 1 is 0.927 bits per heavy atom. The average molecular weight is 577 g/mol. The maximum atomic E-state index is 13.7. The molecule has 12 heteroatoms. The molecule has 0 aliphatic carbocycles. The van der Waals surface area contributed by atoms with Gasteiger partial charge in [-0.25, -0.2) is 9.78 Å². The van der Waals surface area contributed by atoms with Crippen molar-refractivity contribution in [1.82, 2.24) is 14.5 Å². The van der Waals surface area contributed by atoms with Crippen molar-refractivity contribution in [3.05, 3.63) is 99.1 Å². The summed E-state index contributed by atoms with van der Waals surface area (Å²) in [6, 6.07) is 11.0. The second kappa shape index (κ2) is 10.9. The van der Waals surface area contributed by atoms with E-state index in [1.165, 1.54) is 11.6 Å². The molecule has 0 saturated carbocycles. The van der Waals surface area contributed by atoms with Crippen molar-refractivity contribution in [2.45, 2.75) is 45.6 Å². The highest BCUT2D eigenvalue weighted by Crippen LogP contribution is 2.38. The van der Waals surface area contributed by atoms with Crippen LogP contribution in [0.5, 0.6) is 0 Å². The number of aromatic nitrogens is 2. The largest absolute Gasteiger partial charge is 0.416 e. The van der Waals surface area contributed by atoms with Crippen molar-refractivity contribution in [3.63, 3.8) is 0 Å². The number of alkyl halides is 6. The SMILES string of the molecule is CCC(c1nc2ccccc2c(=O)n1-c1ccc(C)c(C)c1)N(C)C(=O)Nc1cc(C(F)(F)F)cc(C(F)(F)F)c1. The zero-order valence-electron chi connectivity index (χ0n) is 22.5. The Balaban J connectivity index is 1.80. The van der Waals surface area contributed by atoms with Crippen molar-refractivity contribution in [3.8, 4) is 5.69 Å². The summed E-state index contributed by atoms with van der Waals surface area (Å²) in [6.45, 7) is 5.50. The second-order valence-electron chi connectivity index (χ2n) is 9.66. The van der Waals surface area contributed by atoms with E-state index in [4.69, 9.17) is 0 Å². The number of rotatable bonds is 5. The van der Waals surface area contributed by atoms with Gasteiger partial charge in [-0.15, -0.1) is 0 Å². The molecule has 4 rings (SSSR count). The predicted molar refractivity (Wildman–Crippen MR) is 143 cm³/mol. The van der Waals surface area contributed by atoms with Gasteiger partial charge in [-0.2, -0.15) is 26.3 Å². The molecule has 0 spiro atoms. The smallest absolute Gasteiger partial charge is 0.317 e. The first-order chi connectivity index (χ1) is 19.1. The standard InChI is InChI=1S/C29H26F6N4O2/c1-5-24(38(4)27(41)36-20-14-18(28(30,31)32)13-19(15-20)29(33,34)35)25-37-23-9-7-6-8-22(23)26(40)39(25)21-11-10-16(2)17(3)12-21/h6-15,24H,5H2,1-4H3,(H,36,41). The molecule has 1 N–H and O–H groups in total. The van der Waals surface area contributed by atoms with E-state index in [9.17, 15) is 35.9 Å². The van der Waals surface area contributed by atoms with Gasteiger partial charge >= 0.3 is 18.4 Å². The molecule has 0 radical (unpaired) electrons. The summed E-state index contributed by atoms with van der Waals surface area (Å²) in [4.78, 5) is 32.7. The number of para-hydroxylation sites is 1. The van der Waals surface area contributed by atoms with E-state index in [-0.39, 0.29) is 18.3 Å². The molecule has 0 saturated heterocycles. The van der Waals surface area contributed by atoms with E-state index in [0.717, 1.165) is 16.0 Å². The summed E-state index contributed by atoms with van der Waals surface area (Å²) in [7, 11) is 1.33.